The maximum atomic E-state index is 13.2. The number of aromatic nitrogens is 2. The van der Waals surface area contributed by atoms with E-state index in [1.807, 2.05) is 31.2 Å². The van der Waals surface area contributed by atoms with Crippen molar-refractivity contribution < 1.29 is 13.9 Å². The number of nitrogens with zero attached hydrogens (tertiary/aromatic N) is 2. The summed E-state index contributed by atoms with van der Waals surface area (Å²) < 4.78 is 20.5. The van der Waals surface area contributed by atoms with E-state index in [4.69, 9.17) is 4.74 Å². The van der Waals surface area contributed by atoms with Crippen molar-refractivity contribution in [3.63, 3.8) is 0 Å². The van der Waals surface area contributed by atoms with Crippen molar-refractivity contribution in [3.8, 4) is 11.4 Å². The lowest BCUT2D eigenvalue weighted by Gasteiger charge is -2.12. The van der Waals surface area contributed by atoms with Crippen LogP contribution in [0.3, 0.4) is 0 Å². The summed E-state index contributed by atoms with van der Waals surface area (Å²) in [6, 6.07) is 13.6. The summed E-state index contributed by atoms with van der Waals surface area (Å²) in [5.74, 6) is 2.28. The van der Waals surface area contributed by atoms with Crippen LogP contribution in [0.4, 0.5) is 10.2 Å². The number of anilines is 1. The molecule has 0 saturated carbocycles. The molecule has 27 heavy (non-hydrogen) atoms. The van der Waals surface area contributed by atoms with Gasteiger partial charge in [-0.25, -0.2) is 9.07 Å². The van der Waals surface area contributed by atoms with E-state index in [-0.39, 0.29) is 18.3 Å². The molecule has 0 spiro atoms. The van der Waals surface area contributed by atoms with Crippen molar-refractivity contribution in [1.29, 1.82) is 0 Å². The van der Waals surface area contributed by atoms with Gasteiger partial charge >= 0.3 is 0 Å². The minimum absolute atomic E-state index is 0.0973. The molecule has 3 aromatic rings. The van der Waals surface area contributed by atoms with Crippen LogP contribution in [-0.4, -0.2) is 22.3 Å². The summed E-state index contributed by atoms with van der Waals surface area (Å²) in [6.07, 6.45) is 0. The Morgan fingerprint density at radius 3 is 2.85 bits per heavy atom. The Labute approximate surface area is 160 Å². The van der Waals surface area contributed by atoms with E-state index in [0.29, 0.717) is 17.3 Å². The third kappa shape index (κ3) is 3.83. The lowest BCUT2D eigenvalue weighted by molar-refractivity contribution is -0.118. The average Bonchev–Trinajstić information content (AvgIpc) is 3.24. The van der Waals surface area contributed by atoms with Crippen molar-refractivity contribution in [2.24, 2.45) is 0 Å². The van der Waals surface area contributed by atoms with E-state index in [1.165, 1.54) is 12.1 Å². The van der Waals surface area contributed by atoms with E-state index in [0.717, 1.165) is 28.3 Å². The number of hydrogen-bond donors (Lipinski definition) is 1. The van der Waals surface area contributed by atoms with Gasteiger partial charge in [0.05, 0.1) is 11.4 Å². The third-order valence-electron chi connectivity index (χ3n) is 4.24. The maximum absolute atomic E-state index is 13.2. The van der Waals surface area contributed by atoms with Crippen LogP contribution in [0.1, 0.15) is 16.8 Å². The Morgan fingerprint density at radius 2 is 2.07 bits per heavy atom. The number of thioether (sulfide) groups is 1. The summed E-state index contributed by atoms with van der Waals surface area (Å²) >= 11 is 1.75. The van der Waals surface area contributed by atoms with Crippen LogP contribution in [0.2, 0.25) is 0 Å². The molecule has 1 aliphatic rings. The number of amides is 1. The fourth-order valence-corrected chi connectivity index (χ4v) is 3.97. The molecule has 1 aliphatic heterocycles. The molecule has 2 aromatic carbocycles. The first kappa shape index (κ1) is 17.6. The zero-order valence-corrected chi connectivity index (χ0v) is 15.6. The Hall–Kier alpha value is -2.80. The van der Waals surface area contributed by atoms with Gasteiger partial charge in [-0.15, -0.1) is 0 Å². The minimum Gasteiger partial charge on any atom is -0.484 e. The van der Waals surface area contributed by atoms with Crippen molar-refractivity contribution in [3.05, 3.63) is 71.2 Å². The van der Waals surface area contributed by atoms with Crippen LogP contribution < -0.4 is 10.1 Å². The third-order valence-corrected chi connectivity index (χ3v) is 5.21. The molecule has 2 heterocycles. The number of carbonyl (C=O) groups excluding carboxylic acids is 1. The van der Waals surface area contributed by atoms with E-state index in [1.54, 1.807) is 28.6 Å². The number of aryl methyl sites for hydroxylation is 1. The highest BCUT2D eigenvalue weighted by Gasteiger charge is 2.24. The number of carbonyl (C=O) groups is 1. The molecule has 0 radical (unpaired) electrons. The highest BCUT2D eigenvalue weighted by Crippen LogP contribution is 2.36. The van der Waals surface area contributed by atoms with E-state index in [9.17, 15) is 9.18 Å². The predicted molar refractivity (Wildman–Crippen MR) is 104 cm³/mol. The van der Waals surface area contributed by atoms with Crippen molar-refractivity contribution in [1.82, 2.24) is 9.78 Å². The van der Waals surface area contributed by atoms with E-state index < -0.39 is 0 Å². The van der Waals surface area contributed by atoms with Gasteiger partial charge in [0.2, 0.25) is 0 Å². The van der Waals surface area contributed by atoms with Gasteiger partial charge in [0.1, 0.15) is 17.4 Å². The number of ether oxygens (including phenoxy) is 1. The fourth-order valence-electron chi connectivity index (χ4n) is 2.93. The van der Waals surface area contributed by atoms with Crippen LogP contribution in [0.5, 0.6) is 5.75 Å². The molecule has 4 rings (SSSR count). The molecule has 0 unspecified atom stereocenters. The van der Waals surface area contributed by atoms with Crippen molar-refractivity contribution in [2.45, 2.75) is 18.4 Å². The van der Waals surface area contributed by atoms with E-state index in [2.05, 4.69) is 10.4 Å². The molecule has 0 atom stereocenters. The first-order chi connectivity index (χ1) is 13.1. The second-order valence-electron chi connectivity index (χ2n) is 6.31. The summed E-state index contributed by atoms with van der Waals surface area (Å²) in [5, 5.41) is 7.51. The van der Waals surface area contributed by atoms with Crippen LogP contribution in [0, 0.1) is 12.7 Å². The molecule has 5 nitrogen and oxygen atoms in total. The molecule has 1 aromatic heterocycles. The second kappa shape index (κ2) is 7.44. The number of rotatable bonds is 5. The smallest absolute Gasteiger partial charge is 0.263 e. The molecule has 0 aliphatic carbocycles. The lowest BCUT2D eigenvalue weighted by Crippen LogP contribution is -2.22. The Kier molecular flexibility index (Phi) is 4.85. The van der Waals surface area contributed by atoms with Gasteiger partial charge < -0.3 is 10.1 Å². The summed E-state index contributed by atoms with van der Waals surface area (Å²) in [7, 11) is 0. The number of benzene rings is 2. The zero-order chi connectivity index (χ0) is 18.8. The monoisotopic (exact) mass is 383 g/mol. The molecule has 1 N–H and O–H groups in total. The summed E-state index contributed by atoms with van der Waals surface area (Å²) in [4.78, 5) is 12.5. The van der Waals surface area contributed by atoms with E-state index >= 15 is 0 Å². The minimum atomic E-state index is -0.314. The quantitative estimate of drug-likeness (QED) is 0.721. The standard InChI is InChI=1S/C20H18FN3O2S/c1-13-3-2-4-16(9-13)26-10-19(25)22-20-17-11-27-12-18(17)23-24(20)15-7-5-14(21)6-8-15/h2-9H,10-12H2,1H3,(H,22,25). The summed E-state index contributed by atoms with van der Waals surface area (Å²) in [5.41, 5.74) is 3.72. The predicted octanol–water partition coefficient (Wildman–Crippen LogP) is 4.08. The SMILES string of the molecule is Cc1cccc(OCC(=O)Nc2c3c(nn2-c2ccc(F)cc2)CSC3)c1. The molecule has 0 saturated heterocycles. The van der Waals surface area contributed by atoms with Crippen molar-refractivity contribution >= 4 is 23.5 Å². The van der Waals surface area contributed by atoms with Gasteiger partial charge in [-0.05, 0) is 48.9 Å². The number of halogens is 1. The lowest BCUT2D eigenvalue weighted by atomic mass is 10.2. The number of hydrogen-bond acceptors (Lipinski definition) is 4. The average molecular weight is 383 g/mol. The Morgan fingerprint density at radius 1 is 1.26 bits per heavy atom. The fraction of sp³-hybridized carbons (Fsp3) is 0.200. The topological polar surface area (TPSA) is 56.1 Å². The van der Waals surface area contributed by atoms with Gasteiger partial charge in [0.25, 0.3) is 5.91 Å². The van der Waals surface area contributed by atoms with Crippen LogP contribution in [-0.2, 0) is 16.3 Å². The molecule has 7 heteroatoms. The highest BCUT2D eigenvalue weighted by atomic mass is 32.2. The molecule has 138 valence electrons. The summed E-state index contributed by atoms with van der Waals surface area (Å²) in [6.45, 7) is 1.87. The number of nitrogens with one attached hydrogen (secondary N) is 1. The van der Waals surface area contributed by atoms with Crippen LogP contribution in [0.25, 0.3) is 5.69 Å². The van der Waals surface area contributed by atoms with Crippen LogP contribution >= 0.6 is 11.8 Å². The second-order valence-corrected chi connectivity index (χ2v) is 7.29. The molecular formula is C20H18FN3O2S. The van der Waals surface area contributed by atoms with Gasteiger partial charge in [-0.1, -0.05) is 12.1 Å². The van der Waals surface area contributed by atoms with Gasteiger partial charge in [0.15, 0.2) is 6.61 Å². The van der Waals surface area contributed by atoms with Gasteiger partial charge in [0, 0.05) is 17.1 Å². The largest absolute Gasteiger partial charge is 0.484 e. The van der Waals surface area contributed by atoms with Gasteiger partial charge in [-0.2, -0.15) is 16.9 Å². The molecule has 0 bridgehead atoms. The molecule has 0 fully saturated rings. The van der Waals surface area contributed by atoms with Crippen LogP contribution in [0.15, 0.2) is 48.5 Å². The van der Waals surface area contributed by atoms with Gasteiger partial charge in [-0.3, -0.25) is 4.79 Å². The zero-order valence-electron chi connectivity index (χ0n) is 14.7. The van der Waals surface area contributed by atoms with Crippen molar-refractivity contribution in [2.75, 3.05) is 11.9 Å². The highest BCUT2D eigenvalue weighted by molar-refractivity contribution is 7.98. The maximum Gasteiger partial charge on any atom is 0.263 e. The molecular weight excluding hydrogens is 365 g/mol. The first-order valence-electron chi connectivity index (χ1n) is 8.54. The normalized spacial score (nSPS) is 12.7. The first-order valence-corrected chi connectivity index (χ1v) is 9.69. The molecule has 1 amide bonds. The number of fused-ring (bicyclic) bond motifs is 1. The Bertz CT molecular complexity index is 985. The Balaban J connectivity index is 1.54.